The monoisotopic (exact) mass is 411 g/mol. The summed E-state index contributed by atoms with van der Waals surface area (Å²) < 4.78 is 24.2. The van der Waals surface area contributed by atoms with Crippen LogP contribution in [-0.4, -0.2) is 37.6 Å². The van der Waals surface area contributed by atoms with Crippen LogP contribution in [-0.2, 0) is 16.1 Å². The van der Waals surface area contributed by atoms with Gasteiger partial charge in [0.2, 0.25) is 11.6 Å². The number of carbonyl (C=O) groups is 2. The van der Waals surface area contributed by atoms with E-state index in [1.807, 2.05) is 6.07 Å². The molecule has 4 rings (SSSR count). The molecule has 7 nitrogen and oxygen atoms in total. The molecule has 0 unspecified atom stereocenters. The van der Waals surface area contributed by atoms with E-state index in [2.05, 4.69) is 15.6 Å². The Hall–Kier alpha value is -3.26. The molecule has 156 valence electrons. The molecule has 1 saturated carbocycles. The van der Waals surface area contributed by atoms with Gasteiger partial charge in [-0.2, -0.15) is 0 Å². The van der Waals surface area contributed by atoms with E-state index in [4.69, 9.17) is 9.15 Å². The smallest absolute Gasteiger partial charge is 0.255 e. The highest BCUT2D eigenvalue weighted by Crippen LogP contribution is 2.44. The van der Waals surface area contributed by atoms with E-state index in [1.165, 1.54) is 19.2 Å². The Bertz CT molecular complexity index is 1100. The molecule has 1 fully saturated rings. The Kier molecular flexibility index (Phi) is 5.50. The van der Waals surface area contributed by atoms with Crippen molar-refractivity contribution in [1.82, 2.24) is 15.6 Å². The maximum absolute atomic E-state index is 13.4. The first-order chi connectivity index (χ1) is 14.5. The fraction of sp³-hybridized carbons (Fsp3) is 0.318. The average molecular weight is 411 g/mol. The summed E-state index contributed by atoms with van der Waals surface area (Å²) in [6, 6.07) is 7.69. The molecule has 0 atom stereocenters. The molecule has 30 heavy (non-hydrogen) atoms. The second-order valence-electron chi connectivity index (χ2n) is 7.25. The third-order valence-corrected chi connectivity index (χ3v) is 5.10. The molecule has 8 heteroatoms. The first-order valence-corrected chi connectivity index (χ1v) is 9.71. The van der Waals surface area contributed by atoms with Gasteiger partial charge in [0.05, 0.1) is 23.2 Å². The van der Waals surface area contributed by atoms with Crippen LogP contribution in [0.4, 0.5) is 4.39 Å². The van der Waals surface area contributed by atoms with Crippen molar-refractivity contribution in [3.05, 3.63) is 53.0 Å². The lowest BCUT2D eigenvalue weighted by Crippen LogP contribution is -2.27. The lowest BCUT2D eigenvalue weighted by Gasteiger charge is -2.09. The van der Waals surface area contributed by atoms with Crippen molar-refractivity contribution in [3.63, 3.8) is 0 Å². The first kappa shape index (κ1) is 20.0. The summed E-state index contributed by atoms with van der Waals surface area (Å²) in [5.74, 6) is -0.243. The number of aromatic nitrogens is 1. The summed E-state index contributed by atoms with van der Waals surface area (Å²) in [6.07, 6.45) is 2.06. The SMILES string of the molecule is CNC(=O)c1c(-c2ccc(F)cc2)oc2nc(CNC(=O)COC)c(C3CC3)cc12. The summed E-state index contributed by atoms with van der Waals surface area (Å²) >= 11 is 0. The highest BCUT2D eigenvalue weighted by atomic mass is 19.1. The highest BCUT2D eigenvalue weighted by Gasteiger charge is 2.30. The Balaban J connectivity index is 1.82. The maximum atomic E-state index is 13.4. The van der Waals surface area contributed by atoms with Crippen LogP contribution in [0.15, 0.2) is 34.7 Å². The lowest BCUT2D eigenvalue weighted by molar-refractivity contribution is -0.124. The number of rotatable bonds is 7. The minimum atomic E-state index is -0.375. The van der Waals surface area contributed by atoms with Crippen molar-refractivity contribution in [3.8, 4) is 11.3 Å². The third kappa shape index (κ3) is 3.91. The lowest BCUT2D eigenvalue weighted by atomic mass is 10.0. The van der Waals surface area contributed by atoms with Crippen LogP contribution in [0.2, 0.25) is 0 Å². The van der Waals surface area contributed by atoms with Gasteiger partial charge in [0.1, 0.15) is 18.2 Å². The van der Waals surface area contributed by atoms with E-state index >= 15 is 0 Å². The second-order valence-corrected chi connectivity index (χ2v) is 7.25. The number of hydrogen-bond acceptors (Lipinski definition) is 5. The molecule has 1 aromatic carbocycles. The Labute approximate surface area is 172 Å². The summed E-state index contributed by atoms with van der Waals surface area (Å²) in [4.78, 5) is 29.1. The zero-order chi connectivity index (χ0) is 21.3. The van der Waals surface area contributed by atoms with E-state index in [9.17, 15) is 14.0 Å². The van der Waals surface area contributed by atoms with Crippen LogP contribution in [0.5, 0.6) is 0 Å². The predicted molar refractivity (Wildman–Crippen MR) is 108 cm³/mol. The van der Waals surface area contributed by atoms with Crippen molar-refractivity contribution in [2.24, 2.45) is 0 Å². The number of amides is 2. The number of halogens is 1. The zero-order valence-corrected chi connectivity index (χ0v) is 16.8. The van der Waals surface area contributed by atoms with Gasteiger partial charge in [0, 0.05) is 19.7 Å². The quantitative estimate of drug-likeness (QED) is 0.623. The molecular weight excluding hydrogens is 389 g/mol. The van der Waals surface area contributed by atoms with E-state index in [0.717, 1.165) is 18.4 Å². The van der Waals surface area contributed by atoms with Crippen LogP contribution < -0.4 is 10.6 Å². The van der Waals surface area contributed by atoms with Gasteiger partial charge in [0.15, 0.2) is 0 Å². The Morgan fingerprint density at radius 1 is 1.27 bits per heavy atom. The molecule has 2 aromatic heterocycles. The molecule has 0 aliphatic heterocycles. The second kappa shape index (κ2) is 8.23. The fourth-order valence-corrected chi connectivity index (χ4v) is 3.48. The molecule has 0 saturated heterocycles. The number of benzene rings is 1. The van der Waals surface area contributed by atoms with Crippen LogP contribution in [0, 0.1) is 5.82 Å². The highest BCUT2D eigenvalue weighted by molar-refractivity contribution is 6.10. The van der Waals surface area contributed by atoms with E-state index in [1.54, 1.807) is 19.2 Å². The van der Waals surface area contributed by atoms with Crippen molar-refractivity contribution in [1.29, 1.82) is 0 Å². The summed E-state index contributed by atoms with van der Waals surface area (Å²) in [6.45, 7) is 0.211. The summed E-state index contributed by atoms with van der Waals surface area (Å²) in [5.41, 5.74) is 2.95. The van der Waals surface area contributed by atoms with Gasteiger partial charge in [-0.3, -0.25) is 9.59 Å². The van der Waals surface area contributed by atoms with Gasteiger partial charge in [-0.05, 0) is 54.7 Å². The minimum absolute atomic E-state index is 0.0305. The van der Waals surface area contributed by atoms with Gasteiger partial charge in [0.25, 0.3) is 5.91 Å². The van der Waals surface area contributed by atoms with Crippen molar-refractivity contribution >= 4 is 22.9 Å². The summed E-state index contributed by atoms with van der Waals surface area (Å²) in [5, 5.41) is 6.03. The Morgan fingerprint density at radius 3 is 2.63 bits per heavy atom. The van der Waals surface area contributed by atoms with Crippen LogP contribution in [0.1, 0.15) is 40.4 Å². The number of pyridine rings is 1. The number of hydrogen-bond donors (Lipinski definition) is 2. The molecule has 2 amide bonds. The molecule has 1 aliphatic rings. The predicted octanol–water partition coefficient (Wildman–Crippen LogP) is 3.13. The Morgan fingerprint density at radius 2 is 2.00 bits per heavy atom. The zero-order valence-electron chi connectivity index (χ0n) is 16.8. The first-order valence-electron chi connectivity index (χ1n) is 9.71. The minimum Gasteiger partial charge on any atom is -0.437 e. The van der Waals surface area contributed by atoms with Gasteiger partial charge < -0.3 is 19.8 Å². The van der Waals surface area contributed by atoms with Gasteiger partial charge >= 0.3 is 0 Å². The average Bonchev–Trinajstić information content (AvgIpc) is 3.52. The number of nitrogens with zero attached hydrogens (tertiary/aromatic N) is 1. The third-order valence-electron chi connectivity index (χ3n) is 5.10. The molecule has 2 N–H and O–H groups in total. The number of carbonyl (C=O) groups excluding carboxylic acids is 2. The number of methoxy groups -OCH3 is 1. The van der Waals surface area contributed by atoms with Gasteiger partial charge in [-0.1, -0.05) is 0 Å². The molecule has 0 radical (unpaired) electrons. The largest absolute Gasteiger partial charge is 0.437 e. The van der Waals surface area contributed by atoms with Crippen molar-refractivity contribution in [2.75, 3.05) is 20.8 Å². The van der Waals surface area contributed by atoms with E-state index in [-0.39, 0.29) is 30.8 Å². The molecule has 0 spiro atoms. The molecule has 3 aromatic rings. The van der Waals surface area contributed by atoms with E-state index < -0.39 is 0 Å². The van der Waals surface area contributed by atoms with Crippen LogP contribution in [0.3, 0.4) is 0 Å². The molecule has 2 heterocycles. The molecule has 0 bridgehead atoms. The molecular formula is C22H22FN3O4. The number of nitrogens with one attached hydrogen (secondary N) is 2. The maximum Gasteiger partial charge on any atom is 0.255 e. The summed E-state index contributed by atoms with van der Waals surface area (Å²) in [7, 11) is 3.00. The molecule has 1 aliphatic carbocycles. The normalized spacial score (nSPS) is 13.4. The fourth-order valence-electron chi connectivity index (χ4n) is 3.48. The van der Waals surface area contributed by atoms with Crippen molar-refractivity contribution in [2.45, 2.75) is 25.3 Å². The standard InChI is InChI=1S/C22H22FN3O4/c1-24-21(28)19-16-9-15(12-3-4-12)17(10-25-18(27)11-29-2)26-22(16)30-20(19)13-5-7-14(23)8-6-13/h5-9,12H,3-4,10-11H2,1-2H3,(H,24,28)(H,25,27). The number of furan rings is 1. The van der Waals surface area contributed by atoms with Crippen LogP contribution in [0.25, 0.3) is 22.4 Å². The van der Waals surface area contributed by atoms with Crippen LogP contribution >= 0.6 is 0 Å². The number of ether oxygens (including phenoxy) is 1. The topological polar surface area (TPSA) is 93.5 Å². The van der Waals surface area contributed by atoms with E-state index in [0.29, 0.717) is 39.6 Å². The van der Waals surface area contributed by atoms with Gasteiger partial charge in [-0.25, -0.2) is 9.37 Å². The van der Waals surface area contributed by atoms with Gasteiger partial charge in [-0.15, -0.1) is 0 Å². The number of fused-ring (bicyclic) bond motifs is 1. The van der Waals surface area contributed by atoms with Crippen molar-refractivity contribution < 1.29 is 23.1 Å².